The Kier molecular flexibility index (Phi) is 3.94. The van der Waals surface area contributed by atoms with Crippen LogP contribution in [0.25, 0.3) is 0 Å². The highest BCUT2D eigenvalue weighted by atomic mass is 16.5. The molecule has 0 fully saturated rings. The lowest BCUT2D eigenvalue weighted by Crippen LogP contribution is -2.14. The first-order valence-corrected chi connectivity index (χ1v) is 4.91. The molecule has 0 aliphatic carbocycles. The molecule has 4 nitrogen and oxygen atoms in total. The summed E-state index contributed by atoms with van der Waals surface area (Å²) in [6.45, 7) is 3.52. The fourth-order valence-electron chi connectivity index (χ4n) is 1.12. The maximum Gasteiger partial charge on any atom is 0.344 e. The van der Waals surface area contributed by atoms with Gasteiger partial charge < -0.3 is 15.0 Å². The maximum absolute atomic E-state index is 11.6. The van der Waals surface area contributed by atoms with E-state index >= 15 is 0 Å². The highest BCUT2D eigenvalue weighted by Crippen LogP contribution is 2.13. The van der Waals surface area contributed by atoms with Crippen LogP contribution in [0, 0.1) is 0 Å². The van der Waals surface area contributed by atoms with Crippen LogP contribution in [0.1, 0.15) is 10.4 Å². The van der Waals surface area contributed by atoms with Crippen LogP contribution < -0.4 is 10.2 Å². The van der Waals surface area contributed by atoms with Crippen LogP contribution in [-0.4, -0.2) is 27.1 Å². The molecule has 1 rings (SSSR count). The summed E-state index contributed by atoms with van der Waals surface area (Å²) in [5.74, 6) is -0.175. The quantitative estimate of drug-likeness (QED) is 0.618. The molecule has 0 saturated heterocycles. The van der Waals surface area contributed by atoms with Crippen molar-refractivity contribution < 1.29 is 9.53 Å². The lowest BCUT2D eigenvalue weighted by atomic mass is 10.2. The summed E-state index contributed by atoms with van der Waals surface area (Å²) < 4.78 is 4.93. The van der Waals surface area contributed by atoms with E-state index in [-0.39, 0.29) is 5.88 Å². The van der Waals surface area contributed by atoms with Crippen molar-refractivity contribution in [3.8, 4) is 0 Å². The number of nitrogens with one attached hydrogen (secondary N) is 1. The highest BCUT2D eigenvalue weighted by molar-refractivity contribution is 5.90. The second-order valence-electron chi connectivity index (χ2n) is 3.50. The van der Waals surface area contributed by atoms with E-state index in [2.05, 4.69) is 11.9 Å². The van der Waals surface area contributed by atoms with Gasteiger partial charge in [-0.25, -0.2) is 4.79 Å². The highest BCUT2D eigenvalue weighted by Gasteiger charge is 2.08. The number of carbonyl (C=O) groups is 1. The Labute approximate surface area is 95.5 Å². The molecule has 1 N–H and O–H groups in total. The van der Waals surface area contributed by atoms with Crippen LogP contribution in [0.3, 0.4) is 0 Å². The molecule has 0 spiro atoms. The third kappa shape index (κ3) is 3.02. The second kappa shape index (κ2) is 5.21. The Morgan fingerprint density at radius 3 is 2.31 bits per heavy atom. The second-order valence-corrected chi connectivity index (χ2v) is 3.50. The number of hydrogen-bond acceptors (Lipinski definition) is 4. The Bertz CT molecular complexity index is 383. The van der Waals surface area contributed by atoms with E-state index in [1.165, 1.54) is 0 Å². The van der Waals surface area contributed by atoms with Crippen LogP contribution in [0.5, 0.6) is 0 Å². The maximum atomic E-state index is 11.6. The molecule has 0 unspecified atom stereocenters. The standard InChI is InChI=1S/C12H16N2O2/c1-9(13-2)16-12(15)10-5-7-11(8-6-10)14(3)4/h5-8,13H,1H2,2-4H3. The molecule has 0 bridgehead atoms. The lowest BCUT2D eigenvalue weighted by molar-refractivity contribution is 0.0608. The van der Waals surface area contributed by atoms with Gasteiger partial charge in [0.2, 0.25) is 0 Å². The van der Waals surface area contributed by atoms with E-state index in [0.717, 1.165) is 5.69 Å². The zero-order chi connectivity index (χ0) is 12.1. The number of rotatable bonds is 4. The molecule has 0 radical (unpaired) electrons. The van der Waals surface area contributed by atoms with Crippen LogP contribution in [0.4, 0.5) is 5.69 Å². The molecule has 1 aromatic carbocycles. The Morgan fingerprint density at radius 1 is 1.31 bits per heavy atom. The van der Waals surface area contributed by atoms with E-state index in [9.17, 15) is 4.79 Å². The van der Waals surface area contributed by atoms with Crippen molar-refractivity contribution in [2.75, 3.05) is 26.0 Å². The Morgan fingerprint density at radius 2 is 1.88 bits per heavy atom. The zero-order valence-corrected chi connectivity index (χ0v) is 9.78. The number of nitrogens with zero attached hydrogens (tertiary/aromatic N) is 1. The average molecular weight is 220 g/mol. The van der Waals surface area contributed by atoms with E-state index < -0.39 is 5.97 Å². The van der Waals surface area contributed by atoms with Gasteiger partial charge in [0.05, 0.1) is 5.56 Å². The minimum absolute atomic E-state index is 0.238. The molecular weight excluding hydrogens is 204 g/mol. The Hall–Kier alpha value is -1.97. The smallest absolute Gasteiger partial charge is 0.344 e. The Balaban J connectivity index is 2.74. The van der Waals surface area contributed by atoms with E-state index in [4.69, 9.17) is 4.74 Å². The molecule has 0 aliphatic heterocycles. The number of hydrogen-bond donors (Lipinski definition) is 1. The van der Waals surface area contributed by atoms with Crippen molar-refractivity contribution in [2.24, 2.45) is 0 Å². The summed E-state index contributed by atoms with van der Waals surface area (Å²) in [6, 6.07) is 7.17. The third-order valence-electron chi connectivity index (χ3n) is 2.11. The van der Waals surface area contributed by atoms with Crippen molar-refractivity contribution in [3.05, 3.63) is 42.3 Å². The first kappa shape index (κ1) is 12.1. The SMILES string of the molecule is C=C(NC)OC(=O)c1ccc(N(C)C)cc1. The fourth-order valence-corrected chi connectivity index (χ4v) is 1.12. The molecule has 86 valence electrons. The van der Waals surface area contributed by atoms with Gasteiger partial charge in [0.1, 0.15) is 0 Å². The van der Waals surface area contributed by atoms with Gasteiger partial charge in [-0.2, -0.15) is 0 Å². The summed E-state index contributed by atoms with van der Waals surface area (Å²) in [5, 5.41) is 2.65. The molecular formula is C12H16N2O2. The molecule has 0 aromatic heterocycles. The van der Waals surface area contributed by atoms with Crippen molar-refractivity contribution in [2.45, 2.75) is 0 Å². The van der Waals surface area contributed by atoms with Crippen LogP contribution in [0.15, 0.2) is 36.7 Å². The molecule has 4 heteroatoms. The monoisotopic (exact) mass is 220 g/mol. The van der Waals surface area contributed by atoms with Crippen molar-refractivity contribution in [3.63, 3.8) is 0 Å². The summed E-state index contributed by atoms with van der Waals surface area (Å²) >= 11 is 0. The average Bonchev–Trinajstić information content (AvgIpc) is 2.28. The largest absolute Gasteiger partial charge is 0.407 e. The summed E-state index contributed by atoms with van der Waals surface area (Å²) in [7, 11) is 5.52. The zero-order valence-electron chi connectivity index (χ0n) is 9.78. The number of esters is 1. The molecule has 16 heavy (non-hydrogen) atoms. The third-order valence-corrected chi connectivity index (χ3v) is 2.11. The van der Waals surface area contributed by atoms with E-state index in [1.807, 2.05) is 31.1 Å². The lowest BCUT2D eigenvalue weighted by Gasteiger charge is -2.12. The molecule has 0 saturated carbocycles. The minimum atomic E-state index is -0.412. The van der Waals surface area contributed by atoms with Gasteiger partial charge in [-0.15, -0.1) is 0 Å². The van der Waals surface area contributed by atoms with Gasteiger partial charge >= 0.3 is 5.97 Å². The summed E-state index contributed by atoms with van der Waals surface area (Å²) in [4.78, 5) is 13.5. The van der Waals surface area contributed by atoms with Crippen LogP contribution in [0.2, 0.25) is 0 Å². The first-order valence-electron chi connectivity index (χ1n) is 4.91. The fraction of sp³-hybridized carbons (Fsp3) is 0.250. The summed E-state index contributed by atoms with van der Waals surface area (Å²) in [5.41, 5.74) is 1.53. The van der Waals surface area contributed by atoms with Gasteiger partial charge in [-0.05, 0) is 30.8 Å². The van der Waals surface area contributed by atoms with Crippen LogP contribution in [-0.2, 0) is 4.74 Å². The molecule has 1 aromatic rings. The minimum Gasteiger partial charge on any atom is -0.407 e. The molecule has 0 atom stereocenters. The van der Waals surface area contributed by atoms with E-state index in [0.29, 0.717) is 5.56 Å². The number of ether oxygens (including phenoxy) is 1. The summed E-state index contributed by atoms with van der Waals surface area (Å²) in [6.07, 6.45) is 0. The van der Waals surface area contributed by atoms with E-state index in [1.54, 1.807) is 19.2 Å². The van der Waals surface area contributed by atoms with Gasteiger partial charge in [-0.3, -0.25) is 0 Å². The predicted molar refractivity (Wildman–Crippen MR) is 64.4 cm³/mol. The molecule has 0 aliphatic rings. The van der Waals surface area contributed by atoms with Crippen LogP contribution >= 0.6 is 0 Å². The van der Waals surface area contributed by atoms with Crippen molar-refractivity contribution >= 4 is 11.7 Å². The van der Waals surface area contributed by atoms with Gasteiger partial charge in [0.25, 0.3) is 0 Å². The topological polar surface area (TPSA) is 41.6 Å². The van der Waals surface area contributed by atoms with Crippen molar-refractivity contribution in [1.29, 1.82) is 0 Å². The number of anilines is 1. The van der Waals surface area contributed by atoms with Gasteiger partial charge in [-0.1, -0.05) is 0 Å². The number of benzene rings is 1. The van der Waals surface area contributed by atoms with Gasteiger partial charge in [0, 0.05) is 26.8 Å². The van der Waals surface area contributed by atoms with Gasteiger partial charge in [0.15, 0.2) is 5.88 Å². The molecule has 0 heterocycles. The first-order chi connectivity index (χ1) is 7.54. The predicted octanol–water partition coefficient (Wildman–Crippen LogP) is 1.60. The normalized spacial score (nSPS) is 9.44. The van der Waals surface area contributed by atoms with Crippen molar-refractivity contribution in [1.82, 2.24) is 5.32 Å². The number of carbonyl (C=O) groups excluding carboxylic acids is 1. The molecule has 0 amide bonds.